The molecule has 0 radical (unpaired) electrons. The van der Waals surface area contributed by atoms with Crippen LogP contribution in [0.4, 0.5) is 0 Å². The van der Waals surface area contributed by atoms with Crippen molar-refractivity contribution in [3.8, 4) is 0 Å². The van der Waals surface area contributed by atoms with Crippen molar-refractivity contribution in [2.24, 2.45) is 5.92 Å². The fraction of sp³-hybridized carbons (Fsp3) is 0.333. The SMILES string of the molecule is Cc1nccc(C(O)C2CC2c2ccccc2)n1. The van der Waals surface area contributed by atoms with E-state index in [1.54, 1.807) is 12.3 Å². The number of benzene rings is 1. The maximum atomic E-state index is 10.3. The van der Waals surface area contributed by atoms with E-state index in [0.29, 0.717) is 17.7 Å². The van der Waals surface area contributed by atoms with Gasteiger partial charge in [-0.05, 0) is 36.8 Å². The number of hydrogen-bond donors (Lipinski definition) is 1. The Labute approximate surface area is 107 Å². The molecule has 3 heteroatoms. The minimum absolute atomic E-state index is 0.293. The first-order valence-corrected chi connectivity index (χ1v) is 6.28. The molecule has 1 aromatic carbocycles. The summed E-state index contributed by atoms with van der Waals surface area (Å²) in [6, 6.07) is 12.2. The van der Waals surface area contributed by atoms with Crippen molar-refractivity contribution in [1.29, 1.82) is 0 Å². The first kappa shape index (κ1) is 11.4. The molecule has 0 spiro atoms. The number of rotatable bonds is 3. The zero-order valence-corrected chi connectivity index (χ0v) is 10.3. The van der Waals surface area contributed by atoms with Crippen molar-refractivity contribution in [2.75, 3.05) is 0 Å². The number of aliphatic hydroxyl groups is 1. The normalized spacial score (nSPS) is 23.7. The van der Waals surface area contributed by atoms with Crippen LogP contribution in [0.25, 0.3) is 0 Å². The zero-order valence-electron chi connectivity index (χ0n) is 10.3. The van der Waals surface area contributed by atoms with Gasteiger partial charge >= 0.3 is 0 Å². The fourth-order valence-corrected chi connectivity index (χ4v) is 2.51. The molecular weight excluding hydrogens is 224 g/mol. The summed E-state index contributed by atoms with van der Waals surface area (Å²) in [6.45, 7) is 1.85. The summed E-state index contributed by atoms with van der Waals surface area (Å²) in [5, 5.41) is 10.3. The Kier molecular flexibility index (Phi) is 2.84. The van der Waals surface area contributed by atoms with Crippen molar-refractivity contribution in [3.05, 3.63) is 59.7 Å². The zero-order chi connectivity index (χ0) is 12.5. The van der Waals surface area contributed by atoms with E-state index >= 15 is 0 Å². The largest absolute Gasteiger partial charge is 0.386 e. The predicted octanol–water partition coefficient (Wildman–Crippen LogP) is 2.62. The highest BCUT2D eigenvalue weighted by atomic mass is 16.3. The van der Waals surface area contributed by atoms with Crippen LogP contribution in [0.3, 0.4) is 0 Å². The second kappa shape index (κ2) is 4.50. The molecule has 0 aliphatic heterocycles. The lowest BCUT2D eigenvalue weighted by atomic mass is 10.1. The van der Waals surface area contributed by atoms with Crippen molar-refractivity contribution in [2.45, 2.75) is 25.4 Å². The standard InChI is InChI=1S/C15H16N2O/c1-10-16-8-7-14(17-10)15(18)13-9-12(13)11-5-3-2-4-6-11/h2-8,12-13,15,18H,9H2,1H3. The molecule has 1 aliphatic rings. The number of aliphatic hydroxyl groups excluding tert-OH is 1. The molecule has 1 aromatic heterocycles. The number of aryl methyl sites for hydroxylation is 1. The van der Waals surface area contributed by atoms with Crippen LogP contribution >= 0.6 is 0 Å². The van der Waals surface area contributed by atoms with Crippen molar-refractivity contribution >= 4 is 0 Å². The number of hydrogen-bond acceptors (Lipinski definition) is 3. The summed E-state index contributed by atoms with van der Waals surface area (Å²) in [4.78, 5) is 8.36. The second-order valence-corrected chi connectivity index (χ2v) is 4.89. The summed E-state index contributed by atoms with van der Waals surface area (Å²) in [7, 11) is 0. The number of nitrogens with zero attached hydrogens (tertiary/aromatic N) is 2. The average molecular weight is 240 g/mol. The quantitative estimate of drug-likeness (QED) is 0.897. The molecule has 2 aromatic rings. The predicted molar refractivity (Wildman–Crippen MR) is 69.0 cm³/mol. The van der Waals surface area contributed by atoms with E-state index in [0.717, 1.165) is 12.1 Å². The molecule has 92 valence electrons. The van der Waals surface area contributed by atoms with Crippen molar-refractivity contribution < 1.29 is 5.11 Å². The Morgan fingerprint density at radius 1 is 1.22 bits per heavy atom. The first-order valence-electron chi connectivity index (χ1n) is 6.28. The summed E-state index contributed by atoms with van der Waals surface area (Å²) >= 11 is 0. The summed E-state index contributed by atoms with van der Waals surface area (Å²) in [6.07, 6.45) is 2.27. The lowest BCUT2D eigenvalue weighted by molar-refractivity contribution is 0.146. The molecule has 0 saturated heterocycles. The van der Waals surface area contributed by atoms with Gasteiger partial charge in [0, 0.05) is 6.20 Å². The monoisotopic (exact) mass is 240 g/mol. The van der Waals surface area contributed by atoms with Crippen molar-refractivity contribution in [1.82, 2.24) is 9.97 Å². The third-order valence-corrected chi connectivity index (χ3v) is 3.57. The van der Waals surface area contributed by atoms with Gasteiger partial charge in [0.05, 0.1) is 11.8 Å². The van der Waals surface area contributed by atoms with Crippen LogP contribution in [0.1, 0.15) is 35.5 Å². The molecule has 18 heavy (non-hydrogen) atoms. The van der Waals surface area contributed by atoms with E-state index in [9.17, 15) is 5.11 Å². The molecule has 3 atom stereocenters. The number of aromatic nitrogens is 2. The molecule has 1 fully saturated rings. The van der Waals surface area contributed by atoms with Gasteiger partial charge in [-0.1, -0.05) is 30.3 Å². The molecule has 3 rings (SSSR count). The molecule has 1 N–H and O–H groups in total. The lowest BCUT2D eigenvalue weighted by Gasteiger charge is -2.10. The lowest BCUT2D eigenvalue weighted by Crippen LogP contribution is -2.05. The molecule has 0 bridgehead atoms. The Morgan fingerprint density at radius 2 is 2.00 bits per heavy atom. The van der Waals surface area contributed by atoms with Gasteiger partial charge in [0.25, 0.3) is 0 Å². The maximum absolute atomic E-state index is 10.3. The Morgan fingerprint density at radius 3 is 2.72 bits per heavy atom. The van der Waals surface area contributed by atoms with Crippen LogP contribution in [0.5, 0.6) is 0 Å². The average Bonchev–Trinajstić information content (AvgIpc) is 3.19. The molecule has 0 amide bonds. The smallest absolute Gasteiger partial charge is 0.125 e. The van der Waals surface area contributed by atoms with Gasteiger partial charge in [-0.2, -0.15) is 0 Å². The molecule has 1 saturated carbocycles. The third kappa shape index (κ3) is 2.14. The second-order valence-electron chi connectivity index (χ2n) is 4.89. The van der Waals surface area contributed by atoms with Gasteiger partial charge in [-0.3, -0.25) is 0 Å². The van der Waals surface area contributed by atoms with E-state index in [-0.39, 0.29) is 0 Å². The van der Waals surface area contributed by atoms with Crippen LogP contribution in [-0.2, 0) is 0 Å². The minimum atomic E-state index is -0.475. The van der Waals surface area contributed by atoms with Gasteiger partial charge in [0.15, 0.2) is 0 Å². The van der Waals surface area contributed by atoms with Crippen LogP contribution < -0.4 is 0 Å². The highest BCUT2D eigenvalue weighted by Crippen LogP contribution is 2.53. The van der Waals surface area contributed by atoms with Crippen LogP contribution in [0, 0.1) is 12.8 Å². The summed E-state index contributed by atoms with van der Waals surface area (Å²) in [5.41, 5.74) is 2.05. The van der Waals surface area contributed by atoms with E-state index in [1.165, 1.54) is 5.56 Å². The summed E-state index contributed by atoms with van der Waals surface area (Å²) in [5.74, 6) is 1.47. The van der Waals surface area contributed by atoms with Crippen molar-refractivity contribution in [3.63, 3.8) is 0 Å². The van der Waals surface area contributed by atoms with Gasteiger partial charge in [0.1, 0.15) is 5.82 Å². The Hall–Kier alpha value is -1.74. The topological polar surface area (TPSA) is 46.0 Å². The van der Waals surface area contributed by atoms with E-state index < -0.39 is 6.10 Å². The van der Waals surface area contributed by atoms with Crippen LogP contribution in [0.15, 0.2) is 42.6 Å². The fourth-order valence-electron chi connectivity index (χ4n) is 2.51. The molecule has 1 aliphatic carbocycles. The highest BCUT2D eigenvalue weighted by molar-refractivity contribution is 5.27. The van der Waals surface area contributed by atoms with Crippen LogP contribution in [0.2, 0.25) is 0 Å². The van der Waals surface area contributed by atoms with E-state index in [1.807, 2.05) is 25.1 Å². The Balaban J connectivity index is 1.75. The van der Waals surface area contributed by atoms with E-state index in [4.69, 9.17) is 0 Å². The molecule has 1 heterocycles. The third-order valence-electron chi connectivity index (χ3n) is 3.57. The van der Waals surface area contributed by atoms with Gasteiger partial charge in [0.2, 0.25) is 0 Å². The maximum Gasteiger partial charge on any atom is 0.125 e. The minimum Gasteiger partial charge on any atom is -0.386 e. The molecular formula is C15H16N2O. The summed E-state index contributed by atoms with van der Waals surface area (Å²) < 4.78 is 0. The van der Waals surface area contributed by atoms with Gasteiger partial charge in [-0.25, -0.2) is 9.97 Å². The van der Waals surface area contributed by atoms with E-state index in [2.05, 4.69) is 22.1 Å². The molecule has 3 nitrogen and oxygen atoms in total. The molecule has 3 unspecified atom stereocenters. The van der Waals surface area contributed by atoms with Gasteiger partial charge < -0.3 is 5.11 Å². The first-order chi connectivity index (χ1) is 8.75. The van der Waals surface area contributed by atoms with Gasteiger partial charge in [-0.15, -0.1) is 0 Å². The van der Waals surface area contributed by atoms with Crippen LogP contribution in [-0.4, -0.2) is 15.1 Å². The highest BCUT2D eigenvalue weighted by Gasteiger charge is 2.44. The Bertz CT molecular complexity index is 541.